The molecule has 1 N–H and O–H groups in total. The first-order valence-electron chi connectivity index (χ1n) is 8.31. The van der Waals surface area contributed by atoms with Crippen molar-refractivity contribution in [2.45, 2.75) is 13.0 Å². The number of carbonyl (C=O) groups is 2. The van der Waals surface area contributed by atoms with Crippen molar-refractivity contribution < 1.29 is 18.7 Å². The van der Waals surface area contributed by atoms with E-state index in [1.54, 1.807) is 41.8 Å². The Morgan fingerprint density at radius 2 is 1.93 bits per heavy atom. The number of nitrogens with one attached hydrogen (secondary N) is 1. The SMILES string of the molecule is O=C(OCc1nc(C(=O)NCCc2cccc(F)c2)cs1)c1ccccc1. The molecule has 0 aliphatic heterocycles. The fraction of sp³-hybridized carbons (Fsp3) is 0.150. The van der Waals surface area contributed by atoms with Crippen LogP contribution in [0.25, 0.3) is 0 Å². The Bertz CT molecular complexity index is 928. The lowest BCUT2D eigenvalue weighted by Crippen LogP contribution is -2.26. The molecule has 27 heavy (non-hydrogen) atoms. The van der Waals surface area contributed by atoms with E-state index in [0.29, 0.717) is 23.5 Å². The number of hydrogen-bond donors (Lipinski definition) is 1. The molecule has 0 aliphatic rings. The number of rotatable bonds is 7. The monoisotopic (exact) mass is 384 g/mol. The van der Waals surface area contributed by atoms with Crippen LogP contribution >= 0.6 is 11.3 Å². The van der Waals surface area contributed by atoms with Gasteiger partial charge in [-0.05, 0) is 36.2 Å². The molecule has 7 heteroatoms. The van der Waals surface area contributed by atoms with E-state index in [1.807, 2.05) is 6.07 Å². The third kappa shape index (κ3) is 5.46. The van der Waals surface area contributed by atoms with Crippen molar-refractivity contribution in [1.29, 1.82) is 0 Å². The molecule has 0 atom stereocenters. The van der Waals surface area contributed by atoms with Crippen molar-refractivity contribution in [2.24, 2.45) is 0 Å². The molecule has 0 aliphatic carbocycles. The summed E-state index contributed by atoms with van der Waals surface area (Å²) in [6, 6.07) is 14.9. The molecular formula is C20H17FN2O3S. The largest absolute Gasteiger partial charge is 0.455 e. The number of benzene rings is 2. The van der Waals surface area contributed by atoms with Crippen molar-refractivity contribution in [3.8, 4) is 0 Å². The average molecular weight is 384 g/mol. The summed E-state index contributed by atoms with van der Waals surface area (Å²) >= 11 is 1.25. The summed E-state index contributed by atoms with van der Waals surface area (Å²) in [5, 5.41) is 4.90. The van der Waals surface area contributed by atoms with E-state index in [2.05, 4.69) is 10.3 Å². The quantitative estimate of drug-likeness (QED) is 0.632. The van der Waals surface area contributed by atoms with Crippen LogP contribution in [-0.2, 0) is 17.8 Å². The second-order valence-electron chi connectivity index (χ2n) is 5.70. The molecule has 2 aromatic carbocycles. The van der Waals surface area contributed by atoms with Crippen LogP contribution < -0.4 is 5.32 Å². The number of aromatic nitrogens is 1. The Labute approximate surface area is 159 Å². The highest BCUT2D eigenvalue weighted by molar-refractivity contribution is 7.09. The summed E-state index contributed by atoms with van der Waals surface area (Å²) in [4.78, 5) is 28.2. The van der Waals surface area contributed by atoms with Crippen LogP contribution in [0.1, 0.15) is 31.4 Å². The zero-order chi connectivity index (χ0) is 19.1. The minimum atomic E-state index is -0.438. The van der Waals surface area contributed by atoms with Gasteiger partial charge in [0.1, 0.15) is 23.1 Å². The molecule has 3 aromatic rings. The molecule has 0 spiro atoms. The predicted molar refractivity (Wildman–Crippen MR) is 100 cm³/mol. The summed E-state index contributed by atoms with van der Waals surface area (Å²) < 4.78 is 18.3. The Balaban J connectivity index is 1.46. The van der Waals surface area contributed by atoms with Crippen molar-refractivity contribution in [3.63, 3.8) is 0 Å². The lowest BCUT2D eigenvalue weighted by atomic mass is 10.1. The second kappa shape index (κ2) is 9.05. The molecule has 1 aromatic heterocycles. The Kier molecular flexibility index (Phi) is 6.27. The summed E-state index contributed by atoms with van der Waals surface area (Å²) in [7, 11) is 0. The van der Waals surface area contributed by atoms with Gasteiger partial charge in [-0.1, -0.05) is 30.3 Å². The van der Waals surface area contributed by atoms with Gasteiger partial charge in [-0.25, -0.2) is 14.2 Å². The smallest absolute Gasteiger partial charge is 0.338 e. The van der Waals surface area contributed by atoms with Gasteiger partial charge in [-0.15, -0.1) is 11.3 Å². The first-order valence-corrected chi connectivity index (χ1v) is 9.19. The molecule has 3 rings (SSSR count). The molecule has 0 unspecified atom stereocenters. The van der Waals surface area contributed by atoms with Gasteiger partial charge in [0, 0.05) is 11.9 Å². The molecule has 0 radical (unpaired) electrons. The van der Waals surface area contributed by atoms with Crippen molar-refractivity contribution in [3.05, 3.63) is 87.6 Å². The third-order valence-electron chi connectivity index (χ3n) is 3.71. The standard InChI is InChI=1S/C20H17FN2O3S/c21-16-8-4-5-14(11-16)9-10-22-19(24)17-13-27-18(23-17)12-26-20(25)15-6-2-1-3-7-15/h1-8,11,13H,9-10,12H2,(H,22,24). The summed E-state index contributed by atoms with van der Waals surface area (Å²) in [5.41, 5.74) is 1.54. The van der Waals surface area contributed by atoms with E-state index in [9.17, 15) is 14.0 Å². The zero-order valence-electron chi connectivity index (χ0n) is 14.4. The van der Waals surface area contributed by atoms with Gasteiger partial charge < -0.3 is 10.1 Å². The van der Waals surface area contributed by atoms with E-state index in [-0.39, 0.29) is 24.0 Å². The molecule has 1 heterocycles. The van der Waals surface area contributed by atoms with Gasteiger partial charge in [-0.3, -0.25) is 4.79 Å². The fourth-order valence-corrected chi connectivity index (χ4v) is 3.06. The fourth-order valence-electron chi connectivity index (χ4n) is 2.37. The van der Waals surface area contributed by atoms with Crippen LogP contribution in [0.15, 0.2) is 60.0 Å². The van der Waals surface area contributed by atoms with Crippen molar-refractivity contribution in [2.75, 3.05) is 6.54 Å². The normalized spacial score (nSPS) is 10.4. The van der Waals surface area contributed by atoms with Crippen LogP contribution in [-0.4, -0.2) is 23.4 Å². The number of halogens is 1. The van der Waals surface area contributed by atoms with Crippen LogP contribution in [0.4, 0.5) is 4.39 Å². The number of esters is 1. The van der Waals surface area contributed by atoms with Crippen LogP contribution in [0.5, 0.6) is 0 Å². The van der Waals surface area contributed by atoms with E-state index < -0.39 is 5.97 Å². The number of nitrogens with zero attached hydrogens (tertiary/aromatic N) is 1. The van der Waals surface area contributed by atoms with Crippen LogP contribution in [0, 0.1) is 5.82 Å². The maximum absolute atomic E-state index is 13.1. The number of thiazole rings is 1. The summed E-state index contributed by atoms with van der Waals surface area (Å²) in [6.07, 6.45) is 0.523. The van der Waals surface area contributed by atoms with E-state index in [1.165, 1.54) is 23.5 Å². The zero-order valence-corrected chi connectivity index (χ0v) is 15.2. The lowest BCUT2D eigenvalue weighted by molar-refractivity contribution is 0.0472. The number of amides is 1. The predicted octanol–water partition coefficient (Wildman–Crippen LogP) is 3.61. The summed E-state index contributed by atoms with van der Waals surface area (Å²) in [6.45, 7) is 0.382. The molecule has 1 amide bonds. The molecule has 0 bridgehead atoms. The van der Waals surface area contributed by atoms with Gasteiger partial charge in [0.25, 0.3) is 5.91 Å². The summed E-state index contributed by atoms with van der Waals surface area (Å²) in [5.74, 6) is -1.05. The topological polar surface area (TPSA) is 68.3 Å². The van der Waals surface area contributed by atoms with Gasteiger partial charge >= 0.3 is 5.97 Å². The molecular weight excluding hydrogens is 367 g/mol. The first kappa shape index (κ1) is 18.7. The Hall–Kier alpha value is -3.06. The van der Waals surface area contributed by atoms with Gasteiger partial charge in [0.2, 0.25) is 0 Å². The van der Waals surface area contributed by atoms with Gasteiger partial charge in [-0.2, -0.15) is 0 Å². The molecule has 0 saturated carbocycles. The molecule has 138 valence electrons. The highest BCUT2D eigenvalue weighted by Crippen LogP contribution is 2.12. The number of ether oxygens (including phenoxy) is 1. The highest BCUT2D eigenvalue weighted by Gasteiger charge is 2.12. The minimum absolute atomic E-state index is 0.00890. The minimum Gasteiger partial charge on any atom is -0.455 e. The van der Waals surface area contributed by atoms with Gasteiger partial charge in [0.05, 0.1) is 5.56 Å². The van der Waals surface area contributed by atoms with E-state index in [0.717, 1.165) is 5.56 Å². The lowest BCUT2D eigenvalue weighted by Gasteiger charge is -2.04. The third-order valence-corrected chi connectivity index (χ3v) is 4.53. The van der Waals surface area contributed by atoms with E-state index >= 15 is 0 Å². The van der Waals surface area contributed by atoms with Gasteiger partial charge in [0.15, 0.2) is 0 Å². The Morgan fingerprint density at radius 1 is 1.11 bits per heavy atom. The molecule has 5 nitrogen and oxygen atoms in total. The maximum atomic E-state index is 13.1. The van der Waals surface area contributed by atoms with Crippen LogP contribution in [0.2, 0.25) is 0 Å². The Morgan fingerprint density at radius 3 is 2.70 bits per heavy atom. The molecule has 0 fully saturated rings. The highest BCUT2D eigenvalue weighted by atomic mass is 32.1. The van der Waals surface area contributed by atoms with Crippen molar-refractivity contribution >= 4 is 23.2 Å². The average Bonchev–Trinajstić information content (AvgIpc) is 3.16. The first-order chi connectivity index (χ1) is 13.1. The number of carbonyl (C=O) groups excluding carboxylic acids is 2. The maximum Gasteiger partial charge on any atom is 0.338 e. The number of hydrogen-bond acceptors (Lipinski definition) is 5. The molecule has 0 saturated heterocycles. The van der Waals surface area contributed by atoms with E-state index in [4.69, 9.17) is 4.74 Å². The van der Waals surface area contributed by atoms with Crippen LogP contribution in [0.3, 0.4) is 0 Å². The van der Waals surface area contributed by atoms with Crippen molar-refractivity contribution in [1.82, 2.24) is 10.3 Å². The second-order valence-corrected chi connectivity index (χ2v) is 6.65.